The van der Waals surface area contributed by atoms with E-state index in [1.165, 1.54) is 9.21 Å². The zero-order chi connectivity index (χ0) is 17.4. The second-order valence-corrected chi connectivity index (χ2v) is 8.37. The van der Waals surface area contributed by atoms with Gasteiger partial charge in [-0.05, 0) is 25.0 Å². The number of carbonyl (C=O) groups excluding carboxylic acids is 1. The van der Waals surface area contributed by atoms with Crippen molar-refractivity contribution in [3.63, 3.8) is 0 Å². The van der Waals surface area contributed by atoms with E-state index in [9.17, 15) is 13.2 Å². The molecule has 7 heteroatoms. The molecule has 0 radical (unpaired) electrons. The van der Waals surface area contributed by atoms with Gasteiger partial charge in [-0.15, -0.1) is 0 Å². The molecule has 0 N–H and O–H groups in total. The fourth-order valence-electron chi connectivity index (χ4n) is 3.01. The summed E-state index contributed by atoms with van der Waals surface area (Å²) >= 11 is 0. The van der Waals surface area contributed by atoms with Crippen molar-refractivity contribution in [2.75, 3.05) is 20.6 Å². The van der Waals surface area contributed by atoms with Gasteiger partial charge in [0.25, 0.3) is 0 Å². The Labute approximate surface area is 138 Å². The summed E-state index contributed by atoms with van der Waals surface area (Å²) in [6, 6.07) is 8.05. The van der Waals surface area contributed by atoms with Gasteiger partial charge >= 0.3 is 6.03 Å². The lowest BCUT2D eigenvalue weighted by molar-refractivity contribution is 0.116. The van der Waals surface area contributed by atoms with Crippen molar-refractivity contribution < 1.29 is 13.2 Å². The summed E-state index contributed by atoms with van der Waals surface area (Å²) in [7, 11) is -0.274. The average Bonchev–Trinajstić information content (AvgIpc) is 2.85. The number of benzene rings is 1. The molecule has 1 aliphatic rings. The van der Waals surface area contributed by atoms with E-state index in [-0.39, 0.29) is 22.9 Å². The Hall–Kier alpha value is -1.60. The van der Waals surface area contributed by atoms with Gasteiger partial charge in [-0.3, -0.25) is 0 Å². The third-order valence-corrected chi connectivity index (χ3v) is 5.90. The van der Waals surface area contributed by atoms with Gasteiger partial charge in [0, 0.05) is 26.7 Å². The Balaban J connectivity index is 2.45. The standard InChI is InChI=1S/C16H25N3O3S/c1-12(2)15-18(11-13(3)19(15)16(20)17(4)5)23(21,22)14-9-7-6-8-10-14/h6-10,12-13,15H,11H2,1-5H3/t13-,15+/m1/s1. The summed E-state index contributed by atoms with van der Waals surface area (Å²) < 4.78 is 27.5. The molecule has 6 nitrogen and oxygen atoms in total. The van der Waals surface area contributed by atoms with Crippen LogP contribution in [0.4, 0.5) is 4.79 Å². The minimum Gasteiger partial charge on any atom is -0.331 e. The number of urea groups is 1. The first kappa shape index (κ1) is 17.7. The highest BCUT2D eigenvalue weighted by atomic mass is 32.2. The molecule has 1 heterocycles. The van der Waals surface area contributed by atoms with Crippen LogP contribution in [-0.2, 0) is 10.0 Å². The molecule has 0 unspecified atom stereocenters. The van der Waals surface area contributed by atoms with Crippen molar-refractivity contribution in [2.24, 2.45) is 5.92 Å². The molecule has 2 rings (SSSR count). The zero-order valence-corrected chi connectivity index (χ0v) is 15.1. The third-order valence-electron chi connectivity index (χ3n) is 4.05. The highest BCUT2D eigenvalue weighted by Gasteiger charge is 2.47. The second-order valence-electron chi connectivity index (χ2n) is 6.48. The van der Waals surface area contributed by atoms with Crippen molar-refractivity contribution in [3.8, 4) is 0 Å². The van der Waals surface area contributed by atoms with Crippen molar-refractivity contribution in [3.05, 3.63) is 30.3 Å². The normalized spacial score (nSPS) is 22.6. The maximum Gasteiger partial charge on any atom is 0.321 e. The van der Waals surface area contributed by atoms with Crippen molar-refractivity contribution in [2.45, 2.75) is 37.9 Å². The molecule has 23 heavy (non-hydrogen) atoms. The van der Waals surface area contributed by atoms with Crippen LogP contribution in [0.1, 0.15) is 20.8 Å². The van der Waals surface area contributed by atoms with Crippen LogP contribution < -0.4 is 0 Å². The molecule has 0 aliphatic carbocycles. The molecule has 1 fully saturated rings. The van der Waals surface area contributed by atoms with E-state index >= 15 is 0 Å². The van der Waals surface area contributed by atoms with E-state index in [0.29, 0.717) is 6.54 Å². The van der Waals surface area contributed by atoms with E-state index in [0.717, 1.165) is 0 Å². The quantitative estimate of drug-likeness (QED) is 0.847. The van der Waals surface area contributed by atoms with E-state index in [1.807, 2.05) is 20.8 Å². The number of hydrogen-bond acceptors (Lipinski definition) is 3. The Morgan fingerprint density at radius 1 is 1.22 bits per heavy atom. The minimum absolute atomic E-state index is 0.0117. The molecular formula is C16H25N3O3S. The summed E-state index contributed by atoms with van der Waals surface area (Å²) in [4.78, 5) is 15.9. The lowest BCUT2D eigenvalue weighted by Crippen LogP contribution is -2.51. The molecule has 1 aliphatic heterocycles. The SMILES string of the molecule is CC(C)[C@@H]1N(C(=O)N(C)C)[C@H](C)CN1S(=O)(=O)c1ccccc1. The van der Waals surface area contributed by atoms with Gasteiger partial charge in [0.2, 0.25) is 10.0 Å². The van der Waals surface area contributed by atoms with Crippen LogP contribution in [0.5, 0.6) is 0 Å². The number of nitrogens with zero attached hydrogens (tertiary/aromatic N) is 3. The minimum atomic E-state index is -3.64. The molecule has 0 aromatic heterocycles. The number of hydrogen-bond donors (Lipinski definition) is 0. The second kappa shape index (κ2) is 6.49. The molecule has 1 saturated heterocycles. The van der Waals surface area contributed by atoms with Crippen LogP contribution in [0, 0.1) is 5.92 Å². The molecule has 1 aromatic carbocycles. The smallest absolute Gasteiger partial charge is 0.321 e. The maximum absolute atomic E-state index is 13.0. The Morgan fingerprint density at radius 3 is 2.26 bits per heavy atom. The lowest BCUT2D eigenvalue weighted by Gasteiger charge is -2.35. The van der Waals surface area contributed by atoms with E-state index in [1.54, 1.807) is 49.3 Å². The van der Waals surface area contributed by atoms with E-state index in [4.69, 9.17) is 0 Å². The maximum atomic E-state index is 13.0. The molecule has 2 atom stereocenters. The molecule has 0 spiro atoms. The van der Waals surface area contributed by atoms with Crippen LogP contribution in [0.3, 0.4) is 0 Å². The number of sulfonamides is 1. The Kier molecular flexibility index (Phi) is 5.01. The fourth-order valence-corrected chi connectivity index (χ4v) is 4.82. The monoisotopic (exact) mass is 339 g/mol. The van der Waals surface area contributed by atoms with Crippen LogP contribution >= 0.6 is 0 Å². The van der Waals surface area contributed by atoms with Gasteiger partial charge in [-0.1, -0.05) is 32.0 Å². The van der Waals surface area contributed by atoms with Crippen LogP contribution in [0.15, 0.2) is 35.2 Å². The summed E-state index contributed by atoms with van der Waals surface area (Å²) in [5.74, 6) is -0.0117. The van der Waals surface area contributed by atoms with Gasteiger partial charge in [-0.2, -0.15) is 4.31 Å². The first-order chi connectivity index (χ1) is 10.7. The van der Waals surface area contributed by atoms with Crippen molar-refractivity contribution >= 4 is 16.1 Å². The molecule has 1 aromatic rings. The first-order valence-electron chi connectivity index (χ1n) is 7.74. The topological polar surface area (TPSA) is 60.9 Å². The summed E-state index contributed by atoms with van der Waals surface area (Å²) in [6.07, 6.45) is -0.481. The first-order valence-corrected chi connectivity index (χ1v) is 9.18. The summed E-state index contributed by atoms with van der Waals surface area (Å²) in [5, 5.41) is 0. The van der Waals surface area contributed by atoms with Crippen molar-refractivity contribution in [1.29, 1.82) is 0 Å². The number of rotatable bonds is 3. The van der Waals surface area contributed by atoms with Crippen LogP contribution in [-0.4, -0.2) is 61.4 Å². The van der Waals surface area contributed by atoms with Crippen LogP contribution in [0.25, 0.3) is 0 Å². The lowest BCUT2D eigenvalue weighted by atomic mass is 10.1. The number of amides is 2. The van der Waals surface area contributed by atoms with E-state index in [2.05, 4.69) is 0 Å². The summed E-state index contributed by atoms with van der Waals surface area (Å²) in [6.45, 7) is 6.06. The fraction of sp³-hybridized carbons (Fsp3) is 0.562. The predicted molar refractivity (Wildman–Crippen MR) is 89.3 cm³/mol. The Morgan fingerprint density at radius 2 is 1.78 bits per heavy atom. The highest BCUT2D eigenvalue weighted by molar-refractivity contribution is 7.89. The third kappa shape index (κ3) is 3.21. The zero-order valence-electron chi connectivity index (χ0n) is 14.3. The highest BCUT2D eigenvalue weighted by Crippen LogP contribution is 2.32. The van der Waals surface area contributed by atoms with Gasteiger partial charge < -0.3 is 9.80 Å². The molecule has 128 valence electrons. The number of carbonyl (C=O) groups is 1. The molecule has 0 bridgehead atoms. The Bertz CT molecular complexity index is 658. The van der Waals surface area contributed by atoms with Gasteiger partial charge in [0.05, 0.1) is 4.90 Å². The van der Waals surface area contributed by atoms with Gasteiger partial charge in [0.15, 0.2) is 0 Å². The van der Waals surface area contributed by atoms with E-state index < -0.39 is 16.2 Å². The van der Waals surface area contributed by atoms with Crippen molar-refractivity contribution in [1.82, 2.24) is 14.1 Å². The largest absolute Gasteiger partial charge is 0.331 e. The summed E-state index contributed by atoms with van der Waals surface area (Å²) in [5.41, 5.74) is 0. The molecular weight excluding hydrogens is 314 g/mol. The molecule has 2 amide bonds. The van der Waals surface area contributed by atoms with Crippen LogP contribution in [0.2, 0.25) is 0 Å². The average molecular weight is 339 g/mol. The molecule has 0 saturated carbocycles. The van der Waals surface area contributed by atoms with Gasteiger partial charge in [0.1, 0.15) is 6.17 Å². The predicted octanol–water partition coefficient (Wildman–Crippen LogP) is 2.05. The van der Waals surface area contributed by atoms with Gasteiger partial charge in [-0.25, -0.2) is 13.2 Å².